The first-order chi connectivity index (χ1) is 16.4. The zero-order valence-electron chi connectivity index (χ0n) is 18.9. The molecule has 0 bridgehead atoms. The molecule has 34 heavy (non-hydrogen) atoms. The van der Waals surface area contributed by atoms with Crippen molar-refractivity contribution in [3.63, 3.8) is 0 Å². The summed E-state index contributed by atoms with van der Waals surface area (Å²) in [6, 6.07) is 5.99. The summed E-state index contributed by atoms with van der Waals surface area (Å²) in [7, 11) is 0. The minimum Gasteiger partial charge on any atom is -0.480 e. The molecular formula is C25H29F2N3O4. The third kappa shape index (κ3) is 5.88. The van der Waals surface area contributed by atoms with Crippen LogP contribution in [0.5, 0.6) is 0 Å². The minimum absolute atomic E-state index is 0.00432. The van der Waals surface area contributed by atoms with Gasteiger partial charge in [-0.15, -0.1) is 0 Å². The van der Waals surface area contributed by atoms with E-state index < -0.39 is 35.1 Å². The van der Waals surface area contributed by atoms with Crippen molar-refractivity contribution in [2.24, 2.45) is 5.92 Å². The summed E-state index contributed by atoms with van der Waals surface area (Å²) in [5.74, 6) is -2.92. The quantitative estimate of drug-likeness (QED) is 0.486. The topological polar surface area (TPSA) is 101 Å². The monoisotopic (exact) mass is 473 g/mol. The highest BCUT2D eigenvalue weighted by Crippen LogP contribution is 2.34. The Morgan fingerprint density at radius 3 is 2.71 bits per heavy atom. The number of aryl methyl sites for hydroxylation is 2. The number of hydrogen-bond acceptors (Lipinski definition) is 5. The molecule has 2 heterocycles. The molecule has 2 aromatic rings. The molecule has 1 atom stereocenters. The molecule has 2 aliphatic rings. The molecule has 3 N–H and O–H groups in total. The number of amides is 1. The number of pyridine rings is 1. The number of carbonyl (C=O) groups is 2. The average molecular weight is 474 g/mol. The standard InChI is InChI=1S/C25H29F2N3O4/c26-19-4-1-5-20(27)22(19)24(31)30-21(25(32)33)10-12-34-18-13-15(14-18)6-8-17-9-7-16-3-2-11-28-23(16)29-17/h1,4-5,7,9,15,18,21H,2-3,6,8,10-14H2,(H,28,29)(H,30,31)(H,32,33). The summed E-state index contributed by atoms with van der Waals surface area (Å²) < 4.78 is 33.3. The summed E-state index contributed by atoms with van der Waals surface area (Å²) in [4.78, 5) is 28.4. The molecule has 182 valence electrons. The number of anilines is 1. The first kappa shape index (κ1) is 24.1. The molecule has 9 heteroatoms. The first-order valence-electron chi connectivity index (χ1n) is 11.7. The van der Waals surface area contributed by atoms with Crippen molar-refractivity contribution in [2.45, 2.75) is 57.1 Å². The lowest BCUT2D eigenvalue weighted by Crippen LogP contribution is -2.42. The molecule has 1 aliphatic heterocycles. The van der Waals surface area contributed by atoms with E-state index >= 15 is 0 Å². The highest BCUT2D eigenvalue weighted by molar-refractivity contribution is 5.97. The van der Waals surface area contributed by atoms with E-state index in [1.165, 1.54) is 5.56 Å². The lowest BCUT2D eigenvalue weighted by molar-refractivity contribution is -0.140. The van der Waals surface area contributed by atoms with Crippen molar-refractivity contribution in [1.29, 1.82) is 0 Å². The van der Waals surface area contributed by atoms with Crippen molar-refractivity contribution >= 4 is 17.7 Å². The van der Waals surface area contributed by atoms with Gasteiger partial charge < -0.3 is 20.5 Å². The van der Waals surface area contributed by atoms with Crippen LogP contribution in [0.1, 0.15) is 53.7 Å². The fraction of sp³-hybridized carbons (Fsp3) is 0.480. The molecule has 0 saturated heterocycles. The van der Waals surface area contributed by atoms with Gasteiger partial charge in [0.15, 0.2) is 0 Å². The largest absolute Gasteiger partial charge is 0.480 e. The molecule has 4 rings (SSSR count). The first-order valence-corrected chi connectivity index (χ1v) is 11.7. The van der Waals surface area contributed by atoms with E-state index in [2.05, 4.69) is 22.8 Å². The number of rotatable bonds is 10. The number of benzene rings is 1. The van der Waals surface area contributed by atoms with Crippen LogP contribution >= 0.6 is 0 Å². The Balaban J connectivity index is 1.17. The molecule has 1 unspecified atom stereocenters. The Kier molecular flexibility index (Phi) is 7.72. The third-order valence-electron chi connectivity index (χ3n) is 6.51. The van der Waals surface area contributed by atoms with Crippen LogP contribution in [0, 0.1) is 17.6 Å². The van der Waals surface area contributed by atoms with E-state index in [1.54, 1.807) is 0 Å². The van der Waals surface area contributed by atoms with Gasteiger partial charge in [-0.3, -0.25) is 4.79 Å². The highest BCUT2D eigenvalue weighted by atomic mass is 19.1. The van der Waals surface area contributed by atoms with Gasteiger partial charge in [-0.25, -0.2) is 18.6 Å². The summed E-state index contributed by atoms with van der Waals surface area (Å²) in [6.07, 6.45) is 5.99. The number of carboxylic acid groups (broad SMARTS) is 1. The summed E-state index contributed by atoms with van der Waals surface area (Å²) >= 11 is 0. The number of halogens is 2. The van der Waals surface area contributed by atoms with Crippen molar-refractivity contribution < 1.29 is 28.2 Å². The number of hydrogen-bond donors (Lipinski definition) is 3. The number of aliphatic carboxylic acids is 1. The molecule has 1 amide bonds. The normalized spacial score (nSPS) is 19.9. The Labute approximate surface area is 196 Å². The maximum Gasteiger partial charge on any atom is 0.326 e. The second kappa shape index (κ2) is 10.9. The van der Waals surface area contributed by atoms with E-state index in [9.17, 15) is 23.5 Å². The van der Waals surface area contributed by atoms with Gasteiger partial charge in [0, 0.05) is 25.3 Å². The van der Waals surface area contributed by atoms with Crippen LogP contribution in [0.15, 0.2) is 30.3 Å². The smallest absolute Gasteiger partial charge is 0.326 e. The number of carbonyl (C=O) groups excluding carboxylic acids is 1. The van der Waals surface area contributed by atoms with Gasteiger partial charge in [-0.05, 0) is 68.2 Å². The van der Waals surface area contributed by atoms with E-state index in [1.807, 2.05) is 0 Å². The predicted octanol–water partition coefficient (Wildman–Crippen LogP) is 3.72. The number of nitrogens with one attached hydrogen (secondary N) is 2. The van der Waals surface area contributed by atoms with Crippen LogP contribution in [0.2, 0.25) is 0 Å². The summed E-state index contributed by atoms with van der Waals surface area (Å²) in [6.45, 7) is 1.10. The second-order valence-electron chi connectivity index (χ2n) is 8.96. The van der Waals surface area contributed by atoms with Gasteiger partial charge in [0.1, 0.15) is 29.1 Å². The second-order valence-corrected chi connectivity index (χ2v) is 8.96. The number of fused-ring (bicyclic) bond motifs is 1. The van der Waals surface area contributed by atoms with Crippen LogP contribution in [-0.4, -0.2) is 47.3 Å². The van der Waals surface area contributed by atoms with Gasteiger partial charge in [-0.1, -0.05) is 12.1 Å². The van der Waals surface area contributed by atoms with Gasteiger partial charge in [-0.2, -0.15) is 0 Å². The van der Waals surface area contributed by atoms with Crippen molar-refractivity contribution in [2.75, 3.05) is 18.5 Å². The summed E-state index contributed by atoms with van der Waals surface area (Å²) in [5, 5.41) is 14.9. The van der Waals surface area contributed by atoms with Crippen LogP contribution in [-0.2, 0) is 22.4 Å². The lowest BCUT2D eigenvalue weighted by Gasteiger charge is -2.35. The molecule has 0 radical (unpaired) electrons. The van der Waals surface area contributed by atoms with Crippen LogP contribution in [0.3, 0.4) is 0 Å². The molecule has 1 saturated carbocycles. The molecule has 1 aromatic carbocycles. The van der Waals surface area contributed by atoms with Crippen LogP contribution in [0.4, 0.5) is 14.6 Å². The Morgan fingerprint density at radius 1 is 1.21 bits per heavy atom. The van der Waals surface area contributed by atoms with Gasteiger partial charge in [0.05, 0.1) is 6.10 Å². The SMILES string of the molecule is O=C(NC(CCOC1CC(CCc2ccc3c(n2)NCCC3)C1)C(=O)O)c1c(F)cccc1F. The minimum atomic E-state index is -1.30. The maximum atomic E-state index is 13.8. The van der Waals surface area contributed by atoms with Gasteiger partial charge in [0.25, 0.3) is 5.91 Å². The highest BCUT2D eigenvalue weighted by Gasteiger charge is 2.30. The molecular weight excluding hydrogens is 444 g/mol. The fourth-order valence-corrected chi connectivity index (χ4v) is 4.46. The molecule has 1 fully saturated rings. The van der Waals surface area contributed by atoms with E-state index in [-0.39, 0.29) is 19.1 Å². The van der Waals surface area contributed by atoms with Crippen molar-refractivity contribution in [3.05, 3.63) is 58.8 Å². The summed E-state index contributed by atoms with van der Waals surface area (Å²) in [5.41, 5.74) is 1.58. The van der Waals surface area contributed by atoms with Gasteiger partial charge >= 0.3 is 5.97 Å². The van der Waals surface area contributed by atoms with E-state index in [4.69, 9.17) is 9.72 Å². The third-order valence-corrected chi connectivity index (χ3v) is 6.51. The number of aromatic nitrogens is 1. The molecule has 1 aromatic heterocycles. The number of ether oxygens (including phenoxy) is 1. The maximum absolute atomic E-state index is 13.8. The Morgan fingerprint density at radius 2 is 1.97 bits per heavy atom. The van der Waals surface area contributed by atoms with E-state index in [0.717, 1.165) is 74.8 Å². The fourth-order valence-electron chi connectivity index (χ4n) is 4.46. The molecule has 1 aliphatic carbocycles. The van der Waals surface area contributed by atoms with Crippen LogP contribution < -0.4 is 10.6 Å². The Bertz CT molecular complexity index is 1020. The van der Waals surface area contributed by atoms with Crippen molar-refractivity contribution in [1.82, 2.24) is 10.3 Å². The average Bonchev–Trinajstić information content (AvgIpc) is 2.78. The van der Waals surface area contributed by atoms with Crippen LogP contribution in [0.25, 0.3) is 0 Å². The zero-order chi connectivity index (χ0) is 24.1. The van der Waals surface area contributed by atoms with E-state index in [0.29, 0.717) is 5.92 Å². The number of carboxylic acids is 1. The zero-order valence-corrected chi connectivity index (χ0v) is 18.9. The predicted molar refractivity (Wildman–Crippen MR) is 122 cm³/mol. The lowest BCUT2D eigenvalue weighted by atomic mass is 9.79. The Hall–Kier alpha value is -3.07. The number of nitrogens with zero attached hydrogens (tertiary/aromatic N) is 1. The molecule has 7 nitrogen and oxygen atoms in total. The van der Waals surface area contributed by atoms with Gasteiger partial charge in [0.2, 0.25) is 0 Å². The van der Waals surface area contributed by atoms with Crippen molar-refractivity contribution in [3.8, 4) is 0 Å². The molecule has 0 spiro atoms.